The van der Waals surface area contributed by atoms with Crippen molar-refractivity contribution in [1.29, 1.82) is 0 Å². The second kappa shape index (κ2) is 8.88. The zero-order chi connectivity index (χ0) is 19.2. The molecule has 0 spiro atoms. The summed E-state index contributed by atoms with van der Waals surface area (Å²) in [5.41, 5.74) is 1.81. The Morgan fingerprint density at radius 3 is 2.00 bits per heavy atom. The monoisotopic (exact) mass is 348 g/mol. The lowest BCUT2D eigenvalue weighted by atomic mass is 9.95. The quantitative estimate of drug-likeness (QED) is 0.784. The minimum Gasteiger partial charge on any atom is -0.445 e. The number of nitrogens with zero attached hydrogens (tertiary/aromatic N) is 2. The molecule has 0 unspecified atom stereocenters. The fraction of sp³-hybridized carbons (Fsp3) is 0.600. The molecule has 0 bridgehead atoms. The summed E-state index contributed by atoms with van der Waals surface area (Å²) < 4.78 is 5.33. The molecule has 1 rings (SSSR count). The number of hydrogen-bond donors (Lipinski definition) is 0. The highest BCUT2D eigenvalue weighted by Gasteiger charge is 2.25. The molecule has 0 aliphatic heterocycles. The molecule has 2 amide bonds. The molecule has 0 saturated heterocycles. The third kappa shape index (κ3) is 6.77. The number of carbonyl (C=O) groups excluding carboxylic acids is 2. The van der Waals surface area contributed by atoms with Crippen LogP contribution in [0.15, 0.2) is 24.3 Å². The van der Waals surface area contributed by atoms with Crippen molar-refractivity contribution >= 4 is 12.0 Å². The van der Waals surface area contributed by atoms with E-state index >= 15 is 0 Å². The van der Waals surface area contributed by atoms with Crippen molar-refractivity contribution in [3.8, 4) is 0 Å². The summed E-state index contributed by atoms with van der Waals surface area (Å²) >= 11 is 0. The van der Waals surface area contributed by atoms with Crippen LogP contribution in [0.25, 0.3) is 0 Å². The summed E-state index contributed by atoms with van der Waals surface area (Å²) in [6.45, 7) is 11.1. The van der Waals surface area contributed by atoms with Gasteiger partial charge in [0, 0.05) is 32.6 Å². The van der Waals surface area contributed by atoms with Gasteiger partial charge in [0.15, 0.2) is 0 Å². The highest BCUT2D eigenvalue weighted by atomic mass is 16.6. The molecule has 0 N–H and O–H groups in total. The van der Waals surface area contributed by atoms with Gasteiger partial charge >= 0.3 is 6.09 Å². The average molecular weight is 348 g/mol. The number of benzene rings is 1. The molecule has 0 aliphatic rings. The lowest BCUT2D eigenvalue weighted by Crippen LogP contribution is -2.41. The molecule has 0 fully saturated rings. The molecule has 1 aromatic carbocycles. The smallest absolute Gasteiger partial charge is 0.409 e. The highest BCUT2D eigenvalue weighted by molar-refractivity contribution is 5.81. The summed E-state index contributed by atoms with van der Waals surface area (Å²) in [4.78, 5) is 27.3. The van der Waals surface area contributed by atoms with E-state index in [1.807, 2.05) is 32.9 Å². The van der Waals surface area contributed by atoms with E-state index in [9.17, 15) is 9.59 Å². The highest BCUT2D eigenvalue weighted by Crippen LogP contribution is 2.16. The van der Waals surface area contributed by atoms with Crippen LogP contribution in [0.2, 0.25) is 0 Å². The Morgan fingerprint density at radius 2 is 1.52 bits per heavy atom. The van der Waals surface area contributed by atoms with Gasteiger partial charge < -0.3 is 14.5 Å². The number of ether oxygens (including phenoxy) is 1. The SMILES string of the molecule is CC(C)c1ccc(COC(=O)N(C)CCN(C)C(=O)C(C)(C)C)cc1. The fourth-order valence-corrected chi connectivity index (χ4v) is 2.32. The van der Waals surface area contributed by atoms with Gasteiger partial charge in [-0.2, -0.15) is 0 Å². The first-order chi connectivity index (χ1) is 11.5. The van der Waals surface area contributed by atoms with E-state index in [4.69, 9.17) is 4.74 Å². The Kier molecular flexibility index (Phi) is 7.46. The molecule has 0 aliphatic carbocycles. The first-order valence-electron chi connectivity index (χ1n) is 8.74. The van der Waals surface area contributed by atoms with E-state index in [1.54, 1.807) is 19.0 Å². The van der Waals surface area contributed by atoms with Gasteiger partial charge in [-0.15, -0.1) is 0 Å². The number of amides is 2. The van der Waals surface area contributed by atoms with Crippen LogP contribution >= 0.6 is 0 Å². The van der Waals surface area contributed by atoms with Crippen molar-refractivity contribution in [2.24, 2.45) is 5.41 Å². The molecule has 1 aromatic rings. The Bertz CT molecular complexity index is 574. The lowest BCUT2D eigenvalue weighted by molar-refractivity contribution is -0.138. The van der Waals surface area contributed by atoms with Gasteiger partial charge in [-0.25, -0.2) is 4.79 Å². The van der Waals surface area contributed by atoms with E-state index in [0.29, 0.717) is 19.0 Å². The summed E-state index contributed by atoms with van der Waals surface area (Å²) in [5, 5.41) is 0. The summed E-state index contributed by atoms with van der Waals surface area (Å²) in [6.07, 6.45) is -0.385. The fourth-order valence-electron chi connectivity index (χ4n) is 2.32. The van der Waals surface area contributed by atoms with E-state index < -0.39 is 5.41 Å². The molecule has 140 valence electrons. The molecule has 0 aromatic heterocycles. The predicted octanol–water partition coefficient (Wildman–Crippen LogP) is 3.88. The van der Waals surface area contributed by atoms with Crippen molar-refractivity contribution in [3.05, 3.63) is 35.4 Å². The van der Waals surface area contributed by atoms with Crippen molar-refractivity contribution in [3.63, 3.8) is 0 Å². The lowest BCUT2D eigenvalue weighted by Gasteiger charge is -2.27. The van der Waals surface area contributed by atoms with Crippen LogP contribution < -0.4 is 0 Å². The van der Waals surface area contributed by atoms with Crippen molar-refractivity contribution in [2.75, 3.05) is 27.2 Å². The van der Waals surface area contributed by atoms with Crippen LogP contribution in [0.1, 0.15) is 51.7 Å². The van der Waals surface area contributed by atoms with E-state index in [0.717, 1.165) is 5.56 Å². The second-order valence-corrected chi connectivity index (χ2v) is 7.85. The van der Waals surface area contributed by atoms with Crippen LogP contribution in [0, 0.1) is 5.41 Å². The topological polar surface area (TPSA) is 49.9 Å². The van der Waals surface area contributed by atoms with E-state index in [-0.39, 0.29) is 18.6 Å². The predicted molar refractivity (Wildman–Crippen MR) is 100 cm³/mol. The van der Waals surface area contributed by atoms with Gasteiger partial charge in [0.25, 0.3) is 0 Å². The molecular weight excluding hydrogens is 316 g/mol. The van der Waals surface area contributed by atoms with E-state index in [1.165, 1.54) is 10.5 Å². The molecule has 0 saturated carbocycles. The number of carbonyl (C=O) groups is 2. The normalized spacial score (nSPS) is 11.4. The van der Waals surface area contributed by atoms with Crippen molar-refractivity contribution < 1.29 is 14.3 Å². The van der Waals surface area contributed by atoms with Gasteiger partial charge in [-0.1, -0.05) is 58.9 Å². The summed E-state index contributed by atoms with van der Waals surface area (Å²) in [5.74, 6) is 0.537. The molecule has 0 radical (unpaired) electrons. The van der Waals surface area contributed by atoms with Crippen LogP contribution in [0.3, 0.4) is 0 Å². The first-order valence-corrected chi connectivity index (χ1v) is 8.74. The molecular formula is C20H32N2O3. The van der Waals surface area contributed by atoms with Crippen LogP contribution in [-0.4, -0.2) is 49.0 Å². The second-order valence-electron chi connectivity index (χ2n) is 7.85. The molecule has 5 heteroatoms. The molecule has 0 atom stereocenters. The molecule has 5 nitrogen and oxygen atoms in total. The van der Waals surface area contributed by atoms with Gasteiger partial charge in [0.2, 0.25) is 5.91 Å². The van der Waals surface area contributed by atoms with Crippen LogP contribution in [-0.2, 0) is 16.1 Å². The zero-order valence-corrected chi connectivity index (χ0v) is 16.6. The Morgan fingerprint density at radius 1 is 1.00 bits per heavy atom. The summed E-state index contributed by atoms with van der Waals surface area (Å²) in [6, 6.07) is 8.09. The minimum atomic E-state index is -0.421. The third-order valence-corrected chi connectivity index (χ3v) is 4.08. The van der Waals surface area contributed by atoms with Gasteiger partial charge in [-0.05, 0) is 17.0 Å². The van der Waals surface area contributed by atoms with E-state index in [2.05, 4.69) is 26.0 Å². The van der Waals surface area contributed by atoms with Crippen LogP contribution in [0.5, 0.6) is 0 Å². The minimum absolute atomic E-state index is 0.0551. The average Bonchev–Trinajstić information content (AvgIpc) is 2.55. The maximum Gasteiger partial charge on any atom is 0.409 e. The Labute approximate surface area is 151 Å². The Balaban J connectivity index is 2.43. The van der Waals surface area contributed by atoms with Crippen molar-refractivity contribution in [2.45, 2.75) is 47.1 Å². The number of likely N-dealkylation sites (N-methyl/N-ethyl adjacent to an activating group) is 2. The maximum absolute atomic E-state index is 12.1. The third-order valence-electron chi connectivity index (χ3n) is 4.08. The van der Waals surface area contributed by atoms with Gasteiger partial charge in [0.05, 0.1) is 0 Å². The van der Waals surface area contributed by atoms with Crippen LogP contribution in [0.4, 0.5) is 4.79 Å². The number of hydrogen-bond acceptors (Lipinski definition) is 3. The standard InChI is InChI=1S/C20H32N2O3/c1-15(2)17-10-8-16(9-11-17)14-25-19(24)22(7)13-12-21(6)18(23)20(3,4)5/h8-11,15H,12-14H2,1-7H3. The van der Waals surface area contributed by atoms with Crippen molar-refractivity contribution in [1.82, 2.24) is 9.80 Å². The van der Waals surface area contributed by atoms with Gasteiger partial charge in [0.1, 0.15) is 6.61 Å². The largest absolute Gasteiger partial charge is 0.445 e. The maximum atomic E-state index is 12.1. The van der Waals surface area contributed by atoms with Gasteiger partial charge in [-0.3, -0.25) is 4.79 Å². The first kappa shape index (κ1) is 21.0. The molecule has 25 heavy (non-hydrogen) atoms. The summed E-state index contributed by atoms with van der Waals surface area (Å²) in [7, 11) is 3.43. The Hall–Kier alpha value is -2.04. The molecule has 0 heterocycles. The zero-order valence-electron chi connectivity index (χ0n) is 16.6. The number of rotatable bonds is 6.